The second-order valence-corrected chi connectivity index (χ2v) is 7.30. The molecule has 5 nitrogen and oxygen atoms in total. The van der Waals surface area contributed by atoms with Crippen LogP contribution in [0.2, 0.25) is 0 Å². The van der Waals surface area contributed by atoms with Crippen LogP contribution in [-0.4, -0.2) is 37.0 Å². The SMILES string of the molecule is NCc1ccc(S(=O)(=O)N2CCC[C@H]2CO)s1. The van der Waals surface area contributed by atoms with Crippen molar-refractivity contribution in [3.05, 3.63) is 17.0 Å². The molecule has 3 N–H and O–H groups in total. The van der Waals surface area contributed by atoms with E-state index in [4.69, 9.17) is 5.73 Å². The summed E-state index contributed by atoms with van der Waals surface area (Å²) in [4.78, 5) is 0.850. The third kappa shape index (κ3) is 2.38. The van der Waals surface area contributed by atoms with Crippen molar-refractivity contribution in [2.75, 3.05) is 13.2 Å². The number of hydrogen-bond acceptors (Lipinski definition) is 5. The van der Waals surface area contributed by atoms with Crippen LogP contribution in [0.4, 0.5) is 0 Å². The molecule has 0 spiro atoms. The Balaban J connectivity index is 2.29. The van der Waals surface area contributed by atoms with Crippen molar-refractivity contribution >= 4 is 21.4 Å². The van der Waals surface area contributed by atoms with Crippen LogP contribution in [0, 0.1) is 0 Å². The minimum absolute atomic E-state index is 0.117. The first kappa shape index (κ1) is 13.0. The predicted molar refractivity (Wildman–Crippen MR) is 66.2 cm³/mol. The van der Waals surface area contributed by atoms with E-state index in [-0.39, 0.29) is 12.6 Å². The molecule has 1 saturated heterocycles. The number of hydrogen-bond donors (Lipinski definition) is 2. The fourth-order valence-corrected chi connectivity index (χ4v) is 5.08. The van der Waals surface area contributed by atoms with Gasteiger partial charge in [-0.15, -0.1) is 11.3 Å². The molecule has 1 fully saturated rings. The van der Waals surface area contributed by atoms with Crippen molar-refractivity contribution in [1.82, 2.24) is 4.31 Å². The van der Waals surface area contributed by atoms with Gasteiger partial charge in [-0.25, -0.2) is 8.42 Å². The molecule has 1 aromatic rings. The topological polar surface area (TPSA) is 83.6 Å². The van der Waals surface area contributed by atoms with Crippen molar-refractivity contribution < 1.29 is 13.5 Å². The smallest absolute Gasteiger partial charge is 0.252 e. The van der Waals surface area contributed by atoms with Crippen LogP contribution < -0.4 is 5.73 Å². The Hall–Kier alpha value is -0.470. The van der Waals surface area contributed by atoms with Gasteiger partial charge in [0.25, 0.3) is 10.0 Å². The third-order valence-electron chi connectivity index (χ3n) is 2.94. The summed E-state index contributed by atoms with van der Waals surface area (Å²) in [5.74, 6) is 0. The Bertz CT molecular complexity index is 483. The number of nitrogens with two attached hydrogens (primary N) is 1. The monoisotopic (exact) mass is 276 g/mol. The Kier molecular flexibility index (Phi) is 3.84. The summed E-state index contributed by atoms with van der Waals surface area (Å²) in [7, 11) is -3.45. The summed E-state index contributed by atoms with van der Waals surface area (Å²) in [5.41, 5.74) is 5.48. The first-order valence-electron chi connectivity index (χ1n) is 5.51. The molecule has 0 unspecified atom stereocenters. The Morgan fingerprint density at radius 3 is 2.88 bits per heavy atom. The highest BCUT2D eigenvalue weighted by atomic mass is 32.2. The fraction of sp³-hybridized carbons (Fsp3) is 0.600. The van der Waals surface area contributed by atoms with Crippen molar-refractivity contribution in [2.24, 2.45) is 5.73 Å². The zero-order valence-electron chi connectivity index (χ0n) is 9.37. The highest BCUT2D eigenvalue weighted by Crippen LogP contribution is 2.29. The van der Waals surface area contributed by atoms with Crippen molar-refractivity contribution in [1.29, 1.82) is 0 Å². The molecule has 1 aromatic heterocycles. The highest BCUT2D eigenvalue weighted by Gasteiger charge is 2.35. The lowest BCUT2D eigenvalue weighted by molar-refractivity contribution is 0.213. The second kappa shape index (κ2) is 5.03. The maximum Gasteiger partial charge on any atom is 0.252 e. The van der Waals surface area contributed by atoms with Gasteiger partial charge in [0, 0.05) is 24.0 Å². The fourth-order valence-electron chi connectivity index (χ4n) is 2.03. The van der Waals surface area contributed by atoms with Gasteiger partial charge in [0.2, 0.25) is 0 Å². The lowest BCUT2D eigenvalue weighted by atomic mass is 10.2. The molecule has 2 rings (SSSR count). The van der Waals surface area contributed by atoms with E-state index in [0.717, 1.165) is 17.7 Å². The van der Waals surface area contributed by atoms with Crippen LogP contribution >= 0.6 is 11.3 Å². The average molecular weight is 276 g/mol. The van der Waals surface area contributed by atoms with Crippen LogP contribution in [0.25, 0.3) is 0 Å². The van der Waals surface area contributed by atoms with Crippen molar-refractivity contribution in [3.8, 4) is 0 Å². The molecule has 0 bridgehead atoms. The van der Waals surface area contributed by atoms with Crippen LogP contribution in [-0.2, 0) is 16.6 Å². The molecule has 0 aliphatic carbocycles. The zero-order chi connectivity index (χ0) is 12.5. The summed E-state index contributed by atoms with van der Waals surface area (Å²) >= 11 is 1.20. The normalized spacial score (nSPS) is 22.1. The van der Waals surface area contributed by atoms with E-state index in [1.807, 2.05) is 0 Å². The minimum atomic E-state index is -3.45. The second-order valence-electron chi connectivity index (χ2n) is 4.02. The van der Waals surface area contributed by atoms with Gasteiger partial charge in [0.1, 0.15) is 4.21 Å². The highest BCUT2D eigenvalue weighted by molar-refractivity contribution is 7.91. The molecule has 0 radical (unpaired) electrons. The minimum Gasteiger partial charge on any atom is -0.395 e. The van der Waals surface area contributed by atoms with E-state index in [0.29, 0.717) is 17.3 Å². The lowest BCUT2D eigenvalue weighted by Crippen LogP contribution is -2.37. The van der Waals surface area contributed by atoms with Crippen LogP contribution in [0.3, 0.4) is 0 Å². The number of aliphatic hydroxyl groups excluding tert-OH is 1. The largest absolute Gasteiger partial charge is 0.395 e. The summed E-state index contributed by atoms with van der Waals surface area (Å²) in [6.07, 6.45) is 1.53. The number of nitrogens with zero attached hydrogens (tertiary/aromatic N) is 1. The van der Waals surface area contributed by atoms with Crippen LogP contribution in [0.15, 0.2) is 16.3 Å². The first-order chi connectivity index (χ1) is 8.09. The Morgan fingerprint density at radius 2 is 2.29 bits per heavy atom. The maximum atomic E-state index is 12.3. The molecule has 2 heterocycles. The van der Waals surface area contributed by atoms with Crippen molar-refractivity contribution in [2.45, 2.75) is 29.6 Å². The third-order valence-corrected chi connectivity index (χ3v) is 6.46. The van der Waals surface area contributed by atoms with E-state index < -0.39 is 10.0 Å². The average Bonchev–Trinajstić information content (AvgIpc) is 2.97. The van der Waals surface area contributed by atoms with Crippen LogP contribution in [0.5, 0.6) is 0 Å². The van der Waals surface area contributed by atoms with Gasteiger partial charge in [-0.2, -0.15) is 4.31 Å². The molecule has 7 heteroatoms. The summed E-state index contributed by atoms with van der Waals surface area (Å²) in [6, 6.07) is 3.06. The predicted octanol–water partition coefficient (Wildman–Crippen LogP) is 0.352. The van der Waals surface area contributed by atoms with Gasteiger partial charge in [-0.05, 0) is 25.0 Å². The molecule has 0 amide bonds. The molecular formula is C10H16N2O3S2. The van der Waals surface area contributed by atoms with Gasteiger partial charge in [0.05, 0.1) is 6.61 Å². The van der Waals surface area contributed by atoms with E-state index in [2.05, 4.69) is 0 Å². The van der Waals surface area contributed by atoms with Gasteiger partial charge < -0.3 is 10.8 Å². The van der Waals surface area contributed by atoms with E-state index in [1.54, 1.807) is 12.1 Å². The molecule has 1 aliphatic rings. The quantitative estimate of drug-likeness (QED) is 0.831. The van der Waals surface area contributed by atoms with E-state index in [1.165, 1.54) is 15.6 Å². The van der Waals surface area contributed by atoms with Gasteiger partial charge >= 0.3 is 0 Å². The Labute approximate surface area is 105 Å². The van der Waals surface area contributed by atoms with E-state index in [9.17, 15) is 13.5 Å². The summed E-state index contributed by atoms with van der Waals surface area (Å²) in [5, 5.41) is 9.18. The number of rotatable bonds is 4. The molecule has 0 saturated carbocycles. The maximum absolute atomic E-state index is 12.3. The molecule has 1 atom stereocenters. The summed E-state index contributed by atoms with van der Waals surface area (Å²) in [6.45, 7) is 0.724. The zero-order valence-corrected chi connectivity index (χ0v) is 11.0. The van der Waals surface area contributed by atoms with E-state index >= 15 is 0 Å². The van der Waals surface area contributed by atoms with Gasteiger partial charge in [0.15, 0.2) is 0 Å². The number of aliphatic hydroxyl groups is 1. The van der Waals surface area contributed by atoms with Crippen molar-refractivity contribution in [3.63, 3.8) is 0 Å². The molecule has 96 valence electrons. The Morgan fingerprint density at radius 1 is 1.53 bits per heavy atom. The number of sulfonamides is 1. The van der Waals surface area contributed by atoms with Gasteiger partial charge in [-0.1, -0.05) is 0 Å². The standard InChI is InChI=1S/C10H16N2O3S2/c11-6-9-3-4-10(16-9)17(14,15)12-5-1-2-8(12)7-13/h3-4,8,13H,1-2,5-7,11H2/t8-/m0/s1. The molecule has 1 aliphatic heterocycles. The molecule has 0 aromatic carbocycles. The summed E-state index contributed by atoms with van der Waals surface area (Å²) < 4.78 is 26.4. The lowest BCUT2D eigenvalue weighted by Gasteiger charge is -2.21. The number of thiophene rings is 1. The molecular weight excluding hydrogens is 260 g/mol. The molecule has 17 heavy (non-hydrogen) atoms. The van der Waals surface area contributed by atoms with Gasteiger partial charge in [-0.3, -0.25) is 0 Å². The first-order valence-corrected chi connectivity index (χ1v) is 7.76. The van der Waals surface area contributed by atoms with Crippen LogP contribution in [0.1, 0.15) is 17.7 Å².